The molecule has 1 aliphatic rings. The topological polar surface area (TPSA) is 97.7 Å². The van der Waals surface area contributed by atoms with Crippen LogP contribution in [-0.2, 0) is 9.53 Å². The van der Waals surface area contributed by atoms with Gasteiger partial charge in [0.05, 0.1) is 28.1 Å². The molecule has 0 aliphatic carbocycles. The van der Waals surface area contributed by atoms with Gasteiger partial charge in [-0.2, -0.15) is 5.26 Å². The Morgan fingerprint density at radius 1 is 1.30 bits per heavy atom. The lowest BCUT2D eigenvalue weighted by molar-refractivity contribution is -0.119. The number of carbonyl (C=O) groups is 2. The van der Waals surface area contributed by atoms with Crippen LogP contribution < -0.4 is 14.8 Å². The number of carbonyl (C=O) groups excluding carboxylic acids is 2. The molecule has 0 saturated carbocycles. The molecule has 1 N–H and O–H groups in total. The summed E-state index contributed by atoms with van der Waals surface area (Å²) in [6, 6.07) is 11.9. The van der Waals surface area contributed by atoms with Crippen LogP contribution in [0.25, 0.3) is 0 Å². The number of halogens is 1. The van der Waals surface area contributed by atoms with Crippen molar-refractivity contribution in [3.8, 4) is 17.6 Å². The lowest BCUT2D eigenvalue weighted by Crippen LogP contribution is -2.21. The second-order valence-electron chi connectivity index (χ2n) is 5.26. The van der Waals surface area contributed by atoms with E-state index >= 15 is 0 Å². The van der Waals surface area contributed by atoms with Gasteiger partial charge in [-0.1, -0.05) is 23.7 Å². The molecule has 1 aliphatic heterocycles. The first-order valence-corrected chi connectivity index (χ1v) is 9.09. The molecule has 3 rings (SSSR count). The number of amides is 1. The molecule has 0 aromatic heterocycles. The van der Waals surface area contributed by atoms with Gasteiger partial charge >= 0.3 is 5.97 Å². The van der Waals surface area contributed by atoms with Gasteiger partial charge in [0.1, 0.15) is 0 Å². The summed E-state index contributed by atoms with van der Waals surface area (Å²) in [7, 11) is 0. The van der Waals surface area contributed by atoms with E-state index in [9.17, 15) is 9.59 Å². The minimum atomic E-state index is -0.711. The van der Waals surface area contributed by atoms with E-state index in [0.717, 1.165) is 4.90 Å². The Kier molecular flexibility index (Phi) is 6.06. The minimum absolute atomic E-state index is 0.0270. The van der Waals surface area contributed by atoms with E-state index in [1.54, 1.807) is 24.3 Å². The van der Waals surface area contributed by atoms with Gasteiger partial charge in [0.25, 0.3) is 5.91 Å². The number of esters is 1. The molecule has 9 heteroatoms. The highest BCUT2D eigenvalue weighted by Crippen LogP contribution is 2.39. The van der Waals surface area contributed by atoms with Gasteiger partial charge in [-0.15, -0.1) is 11.8 Å². The molecular formula is C18H13ClN2O5S. The molecule has 1 amide bonds. The fourth-order valence-electron chi connectivity index (χ4n) is 2.29. The van der Waals surface area contributed by atoms with Gasteiger partial charge in [-0.25, -0.2) is 4.79 Å². The molecular weight excluding hydrogens is 392 g/mol. The van der Waals surface area contributed by atoms with Gasteiger partial charge in [0.15, 0.2) is 18.1 Å². The third-order valence-corrected chi connectivity index (χ3v) is 4.67. The largest absolute Gasteiger partial charge is 0.454 e. The average Bonchev–Trinajstić information content (AvgIpc) is 3.14. The van der Waals surface area contributed by atoms with Crippen LogP contribution in [-0.4, -0.2) is 31.0 Å². The molecule has 0 saturated heterocycles. The predicted molar refractivity (Wildman–Crippen MR) is 99.3 cm³/mol. The first-order valence-electron chi connectivity index (χ1n) is 7.73. The Balaban J connectivity index is 1.59. The monoisotopic (exact) mass is 404 g/mol. The molecule has 0 unspecified atom stereocenters. The highest BCUT2D eigenvalue weighted by Gasteiger charge is 2.21. The summed E-state index contributed by atoms with van der Waals surface area (Å²) >= 11 is 7.33. The number of nitriles is 1. The molecule has 2 aromatic carbocycles. The molecule has 7 nitrogen and oxygen atoms in total. The van der Waals surface area contributed by atoms with Crippen LogP contribution in [0.1, 0.15) is 10.4 Å². The number of thioether (sulfide) groups is 1. The lowest BCUT2D eigenvalue weighted by atomic mass is 10.2. The average molecular weight is 405 g/mol. The summed E-state index contributed by atoms with van der Waals surface area (Å²) < 4.78 is 15.4. The maximum absolute atomic E-state index is 12.2. The molecule has 138 valence electrons. The number of benzene rings is 2. The van der Waals surface area contributed by atoms with E-state index in [1.165, 1.54) is 23.9 Å². The lowest BCUT2D eigenvalue weighted by Gasteiger charge is -2.10. The van der Waals surface area contributed by atoms with Crippen LogP contribution in [0, 0.1) is 11.3 Å². The van der Waals surface area contributed by atoms with Crippen molar-refractivity contribution in [2.24, 2.45) is 0 Å². The molecule has 0 fully saturated rings. The van der Waals surface area contributed by atoms with Crippen molar-refractivity contribution in [1.82, 2.24) is 0 Å². The smallest absolute Gasteiger partial charge is 0.338 e. The van der Waals surface area contributed by atoms with Gasteiger partial charge in [-0.3, -0.25) is 4.79 Å². The number of rotatable bonds is 6. The summed E-state index contributed by atoms with van der Waals surface area (Å²) in [5.74, 6) is -0.232. The second-order valence-corrected chi connectivity index (χ2v) is 6.68. The maximum Gasteiger partial charge on any atom is 0.338 e. The number of hydrogen-bond donors (Lipinski definition) is 1. The molecule has 2 aromatic rings. The third-order valence-electron chi connectivity index (χ3n) is 3.45. The third kappa shape index (κ3) is 4.64. The van der Waals surface area contributed by atoms with Gasteiger partial charge in [0, 0.05) is 4.90 Å². The number of hydrogen-bond acceptors (Lipinski definition) is 7. The van der Waals surface area contributed by atoms with E-state index in [-0.39, 0.29) is 23.1 Å². The minimum Gasteiger partial charge on any atom is -0.454 e. The van der Waals surface area contributed by atoms with Crippen molar-refractivity contribution in [1.29, 1.82) is 5.26 Å². The van der Waals surface area contributed by atoms with E-state index in [1.807, 2.05) is 6.07 Å². The highest BCUT2D eigenvalue weighted by atomic mass is 35.5. The highest BCUT2D eigenvalue weighted by molar-refractivity contribution is 7.99. The zero-order valence-electron chi connectivity index (χ0n) is 13.9. The summed E-state index contributed by atoms with van der Waals surface area (Å²) in [6.45, 7) is -0.443. The first-order chi connectivity index (χ1) is 13.1. The van der Waals surface area contributed by atoms with Gasteiger partial charge < -0.3 is 19.5 Å². The molecule has 0 atom stereocenters. The fourth-order valence-corrected chi connectivity index (χ4v) is 3.23. The van der Waals surface area contributed by atoms with Crippen LogP contribution in [0.4, 0.5) is 5.69 Å². The van der Waals surface area contributed by atoms with Crippen LogP contribution in [0.2, 0.25) is 5.02 Å². The van der Waals surface area contributed by atoms with Crippen molar-refractivity contribution in [2.45, 2.75) is 4.90 Å². The number of anilines is 1. The van der Waals surface area contributed by atoms with E-state index in [4.69, 9.17) is 31.1 Å². The zero-order valence-corrected chi connectivity index (χ0v) is 15.4. The quantitative estimate of drug-likeness (QED) is 0.581. The SMILES string of the molecule is N#CCSc1ccccc1NC(=O)COC(=O)c1cc(Cl)c2c(c1)OCO2. The van der Waals surface area contributed by atoms with Crippen LogP contribution in [0.5, 0.6) is 11.5 Å². The fraction of sp³-hybridized carbons (Fsp3) is 0.167. The Morgan fingerprint density at radius 2 is 2.11 bits per heavy atom. The van der Waals surface area contributed by atoms with E-state index < -0.39 is 18.5 Å². The number of para-hydroxylation sites is 1. The Labute approximate surface area is 164 Å². The van der Waals surface area contributed by atoms with Crippen molar-refractivity contribution in [3.63, 3.8) is 0 Å². The maximum atomic E-state index is 12.2. The zero-order chi connectivity index (χ0) is 19.2. The van der Waals surface area contributed by atoms with Crippen molar-refractivity contribution in [2.75, 3.05) is 24.5 Å². The molecule has 0 radical (unpaired) electrons. The summed E-state index contributed by atoms with van der Waals surface area (Å²) in [6.07, 6.45) is 0. The molecule has 0 bridgehead atoms. The summed E-state index contributed by atoms with van der Waals surface area (Å²) in [5.41, 5.74) is 0.701. The van der Waals surface area contributed by atoms with Crippen molar-refractivity contribution in [3.05, 3.63) is 47.0 Å². The predicted octanol–water partition coefficient (Wildman–Crippen LogP) is 3.48. The Bertz CT molecular complexity index is 928. The molecule has 27 heavy (non-hydrogen) atoms. The summed E-state index contributed by atoms with van der Waals surface area (Å²) in [4.78, 5) is 25.0. The number of nitrogens with one attached hydrogen (secondary N) is 1. The Hall–Kier alpha value is -2.89. The van der Waals surface area contributed by atoms with Crippen LogP contribution >= 0.6 is 23.4 Å². The number of ether oxygens (including phenoxy) is 3. The van der Waals surface area contributed by atoms with Gasteiger partial charge in [-0.05, 0) is 24.3 Å². The standard InChI is InChI=1S/C18H13ClN2O5S/c19-12-7-11(8-14-17(12)26-10-25-14)18(23)24-9-16(22)21-13-3-1-2-4-15(13)27-6-5-20/h1-4,7-8H,6,9-10H2,(H,21,22). The Morgan fingerprint density at radius 3 is 2.93 bits per heavy atom. The second kappa shape index (κ2) is 8.66. The molecule has 0 spiro atoms. The van der Waals surface area contributed by atoms with E-state index in [2.05, 4.69) is 5.32 Å². The van der Waals surface area contributed by atoms with Crippen molar-refractivity contribution < 1.29 is 23.8 Å². The number of nitrogens with zero attached hydrogens (tertiary/aromatic N) is 1. The van der Waals surface area contributed by atoms with Crippen LogP contribution in [0.3, 0.4) is 0 Å². The van der Waals surface area contributed by atoms with E-state index in [0.29, 0.717) is 17.2 Å². The van der Waals surface area contributed by atoms with Crippen molar-refractivity contribution >= 4 is 40.9 Å². The van der Waals surface area contributed by atoms with Gasteiger partial charge in [0.2, 0.25) is 6.79 Å². The number of fused-ring (bicyclic) bond motifs is 1. The summed E-state index contributed by atoms with van der Waals surface area (Å²) in [5, 5.41) is 11.6. The van der Waals surface area contributed by atoms with Crippen LogP contribution in [0.15, 0.2) is 41.3 Å². The normalized spacial score (nSPS) is 11.6. The molecule has 1 heterocycles. The first kappa shape index (κ1) is 18.9.